The summed E-state index contributed by atoms with van der Waals surface area (Å²) >= 11 is 0. The fraction of sp³-hybridized carbons (Fsp3) is 0.692. The van der Waals surface area contributed by atoms with E-state index in [-0.39, 0.29) is 11.5 Å². The fourth-order valence-electron chi connectivity index (χ4n) is 1.76. The highest BCUT2D eigenvalue weighted by molar-refractivity contribution is 5.09. The topological polar surface area (TPSA) is 26.2 Å². The first-order valence-corrected chi connectivity index (χ1v) is 5.78. The molecule has 1 aromatic heterocycles. The van der Waals surface area contributed by atoms with Gasteiger partial charge in [-0.15, -0.1) is 0 Å². The number of aryl methyl sites for hydroxylation is 1. The normalized spacial score (nSPS) is 14.1. The molecule has 92 valence electrons. The summed E-state index contributed by atoms with van der Waals surface area (Å²) in [7, 11) is 3.82. The van der Waals surface area contributed by atoms with Crippen LogP contribution in [0.2, 0.25) is 0 Å². The van der Waals surface area contributed by atoms with E-state index in [4.69, 9.17) is 4.74 Å². The molecule has 0 bridgehead atoms. The van der Waals surface area contributed by atoms with Gasteiger partial charge in [-0.1, -0.05) is 20.8 Å². The third-order valence-corrected chi connectivity index (χ3v) is 2.80. The Labute approximate surface area is 98.8 Å². The number of nitrogens with one attached hydrogen (secondary N) is 1. The van der Waals surface area contributed by atoms with E-state index in [0.29, 0.717) is 0 Å². The fourth-order valence-corrected chi connectivity index (χ4v) is 1.76. The van der Waals surface area contributed by atoms with Crippen LogP contribution in [-0.4, -0.2) is 24.3 Å². The van der Waals surface area contributed by atoms with Gasteiger partial charge in [0.1, 0.15) is 0 Å². The van der Waals surface area contributed by atoms with Gasteiger partial charge in [0.05, 0.1) is 6.10 Å². The zero-order chi connectivity index (χ0) is 12.2. The Morgan fingerprint density at radius 1 is 1.44 bits per heavy atom. The van der Waals surface area contributed by atoms with Crippen LogP contribution in [0.1, 0.15) is 26.3 Å². The van der Waals surface area contributed by atoms with E-state index in [0.717, 1.165) is 13.1 Å². The van der Waals surface area contributed by atoms with Crippen molar-refractivity contribution in [3.63, 3.8) is 0 Å². The largest absolute Gasteiger partial charge is 0.380 e. The SMILES string of the molecule is COC(CNCc1ccn(C)c1)C(C)(C)C. The van der Waals surface area contributed by atoms with E-state index in [1.54, 1.807) is 7.11 Å². The standard InChI is InChI=1S/C13H24N2O/c1-13(2,3)12(16-5)9-14-8-11-6-7-15(4)10-11/h6-7,10,12,14H,8-9H2,1-5H3. The molecular formula is C13H24N2O. The summed E-state index contributed by atoms with van der Waals surface area (Å²) in [5.41, 5.74) is 1.49. The van der Waals surface area contributed by atoms with Crippen LogP contribution in [0.25, 0.3) is 0 Å². The minimum atomic E-state index is 0.179. The maximum atomic E-state index is 5.49. The molecule has 16 heavy (non-hydrogen) atoms. The summed E-state index contributed by atoms with van der Waals surface area (Å²) in [6.07, 6.45) is 4.44. The lowest BCUT2D eigenvalue weighted by atomic mass is 9.89. The summed E-state index contributed by atoms with van der Waals surface area (Å²) in [5.74, 6) is 0. The van der Waals surface area contributed by atoms with Crippen molar-refractivity contribution in [2.45, 2.75) is 33.4 Å². The summed E-state index contributed by atoms with van der Waals surface area (Å²) < 4.78 is 7.55. The van der Waals surface area contributed by atoms with Gasteiger partial charge in [-0.25, -0.2) is 0 Å². The van der Waals surface area contributed by atoms with E-state index in [2.05, 4.69) is 49.1 Å². The third kappa shape index (κ3) is 3.99. The zero-order valence-corrected chi connectivity index (χ0v) is 11.1. The van der Waals surface area contributed by atoms with Crippen molar-refractivity contribution in [2.75, 3.05) is 13.7 Å². The van der Waals surface area contributed by atoms with Gasteiger partial charge in [-0.3, -0.25) is 0 Å². The van der Waals surface area contributed by atoms with Crippen LogP contribution in [0.5, 0.6) is 0 Å². The number of ether oxygens (including phenoxy) is 1. The van der Waals surface area contributed by atoms with Gasteiger partial charge in [0.25, 0.3) is 0 Å². The summed E-state index contributed by atoms with van der Waals surface area (Å²) in [4.78, 5) is 0. The molecular weight excluding hydrogens is 200 g/mol. The molecule has 1 atom stereocenters. The highest BCUT2D eigenvalue weighted by Crippen LogP contribution is 2.21. The number of methoxy groups -OCH3 is 1. The van der Waals surface area contributed by atoms with Crippen LogP contribution in [0.4, 0.5) is 0 Å². The highest BCUT2D eigenvalue weighted by atomic mass is 16.5. The van der Waals surface area contributed by atoms with Gasteiger partial charge in [0.2, 0.25) is 0 Å². The number of aromatic nitrogens is 1. The van der Waals surface area contributed by atoms with Crippen molar-refractivity contribution >= 4 is 0 Å². The molecule has 3 nitrogen and oxygen atoms in total. The van der Waals surface area contributed by atoms with Gasteiger partial charge in [0, 0.05) is 39.6 Å². The molecule has 3 heteroatoms. The monoisotopic (exact) mass is 224 g/mol. The Balaban J connectivity index is 2.34. The van der Waals surface area contributed by atoms with Crippen LogP contribution in [0.3, 0.4) is 0 Å². The lowest BCUT2D eigenvalue weighted by Crippen LogP contribution is -2.37. The predicted molar refractivity (Wildman–Crippen MR) is 67.4 cm³/mol. The molecule has 0 aromatic carbocycles. The quantitative estimate of drug-likeness (QED) is 0.829. The summed E-state index contributed by atoms with van der Waals surface area (Å²) in [6.45, 7) is 8.38. The van der Waals surface area contributed by atoms with Crippen LogP contribution in [0, 0.1) is 5.41 Å². The molecule has 0 fully saturated rings. The Hall–Kier alpha value is -0.800. The van der Waals surface area contributed by atoms with Gasteiger partial charge >= 0.3 is 0 Å². The lowest BCUT2D eigenvalue weighted by molar-refractivity contribution is 0.0173. The maximum Gasteiger partial charge on any atom is 0.0743 e. The van der Waals surface area contributed by atoms with Gasteiger partial charge in [-0.05, 0) is 17.0 Å². The molecule has 0 aliphatic heterocycles. The van der Waals surface area contributed by atoms with Crippen LogP contribution in [-0.2, 0) is 18.3 Å². The van der Waals surface area contributed by atoms with Crippen molar-refractivity contribution < 1.29 is 4.74 Å². The molecule has 0 saturated heterocycles. The predicted octanol–water partition coefficient (Wildman–Crippen LogP) is 2.18. The minimum absolute atomic E-state index is 0.179. The minimum Gasteiger partial charge on any atom is -0.380 e. The van der Waals surface area contributed by atoms with E-state index >= 15 is 0 Å². The second kappa shape index (κ2) is 5.51. The van der Waals surface area contributed by atoms with Crippen molar-refractivity contribution in [3.05, 3.63) is 24.0 Å². The Kier molecular flexibility index (Phi) is 4.56. The van der Waals surface area contributed by atoms with Crippen LogP contribution >= 0.6 is 0 Å². The number of nitrogens with zero attached hydrogens (tertiary/aromatic N) is 1. The van der Waals surface area contributed by atoms with E-state index in [1.165, 1.54) is 5.56 Å². The molecule has 0 amide bonds. The highest BCUT2D eigenvalue weighted by Gasteiger charge is 2.23. The van der Waals surface area contributed by atoms with Gasteiger partial charge in [-0.2, -0.15) is 0 Å². The summed E-state index contributed by atoms with van der Waals surface area (Å²) in [5, 5.41) is 3.43. The Bertz CT molecular complexity index is 312. The molecule has 0 saturated carbocycles. The number of rotatable bonds is 5. The molecule has 0 radical (unpaired) electrons. The molecule has 0 aliphatic rings. The Morgan fingerprint density at radius 3 is 2.56 bits per heavy atom. The third-order valence-electron chi connectivity index (χ3n) is 2.80. The number of hydrogen-bond donors (Lipinski definition) is 1. The Morgan fingerprint density at radius 2 is 2.12 bits per heavy atom. The maximum absolute atomic E-state index is 5.49. The second-order valence-corrected chi connectivity index (χ2v) is 5.41. The average molecular weight is 224 g/mol. The molecule has 0 aliphatic carbocycles. The van der Waals surface area contributed by atoms with E-state index < -0.39 is 0 Å². The van der Waals surface area contributed by atoms with E-state index in [1.807, 2.05) is 7.05 Å². The van der Waals surface area contributed by atoms with Crippen molar-refractivity contribution in [1.29, 1.82) is 0 Å². The number of hydrogen-bond acceptors (Lipinski definition) is 2. The first kappa shape index (κ1) is 13.3. The smallest absolute Gasteiger partial charge is 0.0743 e. The molecule has 1 rings (SSSR count). The lowest BCUT2D eigenvalue weighted by Gasteiger charge is -2.29. The van der Waals surface area contributed by atoms with Crippen LogP contribution in [0.15, 0.2) is 18.5 Å². The van der Waals surface area contributed by atoms with Crippen molar-refractivity contribution in [2.24, 2.45) is 12.5 Å². The van der Waals surface area contributed by atoms with E-state index in [9.17, 15) is 0 Å². The molecule has 1 N–H and O–H groups in total. The molecule has 1 aromatic rings. The van der Waals surface area contributed by atoms with Crippen molar-refractivity contribution in [1.82, 2.24) is 9.88 Å². The van der Waals surface area contributed by atoms with Crippen molar-refractivity contribution in [3.8, 4) is 0 Å². The van der Waals surface area contributed by atoms with Gasteiger partial charge < -0.3 is 14.6 Å². The molecule has 1 heterocycles. The first-order valence-electron chi connectivity index (χ1n) is 5.78. The summed E-state index contributed by atoms with van der Waals surface area (Å²) in [6, 6.07) is 2.13. The van der Waals surface area contributed by atoms with Gasteiger partial charge in [0.15, 0.2) is 0 Å². The second-order valence-electron chi connectivity index (χ2n) is 5.41. The average Bonchev–Trinajstić information content (AvgIpc) is 2.57. The molecule has 0 spiro atoms. The van der Waals surface area contributed by atoms with Crippen LogP contribution < -0.4 is 5.32 Å². The first-order chi connectivity index (χ1) is 7.43. The molecule has 1 unspecified atom stereocenters. The zero-order valence-electron chi connectivity index (χ0n) is 11.1.